The summed E-state index contributed by atoms with van der Waals surface area (Å²) in [6.07, 6.45) is -4.54. The lowest BCUT2D eigenvalue weighted by atomic mass is 10.2. The van der Waals surface area contributed by atoms with Crippen LogP contribution in [0.3, 0.4) is 0 Å². The van der Waals surface area contributed by atoms with Gasteiger partial charge in [-0.15, -0.1) is 13.2 Å². The van der Waals surface area contributed by atoms with Gasteiger partial charge in [0.05, 0.1) is 17.6 Å². The van der Waals surface area contributed by atoms with Crippen LogP contribution in [0.25, 0.3) is 0 Å². The molecule has 0 spiro atoms. The highest BCUT2D eigenvalue weighted by molar-refractivity contribution is 7.80. The number of thiocarbonyl (C=S) groups is 1. The molecule has 0 aliphatic carbocycles. The summed E-state index contributed by atoms with van der Waals surface area (Å²) in [5, 5.41) is 0. The number of rotatable bonds is 5. The molecular weight excluding hydrogens is 267 g/mol. The maximum atomic E-state index is 11.8. The number of hydrogen-bond acceptors (Lipinski definition) is 4. The SMILES string of the molecule is CC(C(N)=S)N1CCN(CCOC(F)(F)F)CC1. The van der Waals surface area contributed by atoms with E-state index in [1.165, 1.54) is 0 Å². The fourth-order valence-corrected chi connectivity index (χ4v) is 1.99. The average Bonchev–Trinajstić information content (AvgIpc) is 2.27. The van der Waals surface area contributed by atoms with Crippen molar-refractivity contribution < 1.29 is 17.9 Å². The topological polar surface area (TPSA) is 41.7 Å². The van der Waals surface area contributed by atoms with E-state index in [9.17, 15) is 13.2 Å². The normalized spacial score (nSPS) is 20.9. The molecule has 0 saturated carbocycles. The Labute approximate surface area is 110 Å². The van der Waals surface area contributed by atoms with E-state index in [0.717, 1.165) is 13.1 Å². The van der Waals surface area contributed by atoms with Crippen LogP contribution in [-0.4, -0.2) is 66.5 Å². The van der Waals surface area contributed by atoms with Gasteiger partial charge in [0.1, 0.15) is 0 Å². The van der Waals surface area contributed by atoms with Crippen LogP contribution < -0.4 is 5.73 Å². The van der Waals surface area contributed by atoms with Crippen LogP contribution in [0.15, 0.2) is 0 Å². The largest absolute Gasteiger partial charge is 0.522 e. The third kappa shape index (κ3) is 5.47. The van der Waals surface area contributed by atoms with Crippen molar-refractivity contribution in [1.29, 1.82) is 0 Å². The highest BCUT2D eigenvalue weighted by atomic mass is 32.1. The summed E-state index contributed by atoms with van der Waals surface area (Å²) in [4.78, 5) is 4.52. The van der Waals surface area contributed by atoms with Gasteiger partial charge in [-0.1, -0.05) is 12.2 Å². The summed E-state index contributed by atoms with van der Waals surface area (Å²) < 4.78 is 39.1. The molecule has 1 atom stereocenters. The Bertz CT molecular complexity index is 280. The Balaban J connectivity index is 2.21. The first-order chi connectivity index (χ1) is 8.29. The lowest BCUT2D eigenvalue weighted by Gasteiger charge is -2.37. The van der Waals surface area contributed by atoms with E-state index in [2.05, 4.69) is 9.64 Å². The van der Waals surface area contributed by atoms with Gasteiger partial charge in [0.15, 0.2) is 0 Å². The second-order valence-electron chi connectivity index (χ2n) is 4.25. The molecule has 2 N–H and O–H groups in total. The highest BCUT2D eigenvalue weighted by Gasteiger charge is 2.29. The Hall–Kier alpha value is -0.440. The quantitative estimate of drug-likeness (QED) is 0.757. The summed E-state index contributed by atoms with van der Waals surface area (Å²) in [5.41, 5.74) is 5.56. The third-order valence-electron chi connectivity index (χ3n) is 3.04. The van der Waals surface area contributed by atoms with E-state index >= 15 is 0 Å². The number of piperazine rings is 1. The molecule has 1 aliphatic rings. The van der Waals surface area contributed by atoms with Crippen LogP contribution in [0.1, 0.15) is 6.92 Å². The molecule has 1 saturated heterocycles. The number of hydrogen-bond donors (Lipinski definition) is 1. The zero-order valence-electron chi connectivity index (χ0n) is 10.2. The molecule has 0 aromatic rings. The molecule has 1 heterocycles. The number of nitrogens with zero attached hydrogens (tertiary/aromatic N) is 2. The summed E-state index contributed by atoms with van der Waals surface area (Å²) in [6, 6.07) is 0.0357. The lowest BCUT2D eigenvalue weighted by molar-refractivity contribution is -0.325. The molecule has 0 aromatic heterocycles. The molecule has 106 valence electrons. The average molecular weight is 285 g/mol. The van der Waals surface area contributed by atoms with Crippen LogP contribution >= 0.6 is 12.2 Å². The van der Waals surface area contributed by atoms with Gasteiger partial charge in [-0.2, -0.15) is 0 Å². The van der Waals surface area contributed by atoms with Crippen molar-refractivity contribution in [3.05, 3.63) is 0 Å². The second kappa shape index (κ2) is 6.65. The maximum absolute atomic E-state index is 11.8. The minimum atomic E-state index is -4.54. The van der Waals surface area contributed by atoms with E-state index < -0.39 is 6.36 Å². The predicted molar refractivity (Wildman–Crippen MR) is 66.3 cm³/mol. The molecule has 8 heteroatoms. The van der Waals surface area contributed by atoms with E-state index in [-0.39, 0.29) is 19.2 Å². The van der Waals surface area contributed by atoms with Gasteiger partial charge in [0, 0.05) is 32.7 Å². The summed E-state index contributed by atoms with van der Waals surface area (Å²) in [6.45, 7) is 4.81. The smallest absolute Gasteiger partial charge is 0.392 e. The molecule has 0 amide bonds. The van der Waals surface area contributed by atoms with Gasteiger partial charge < -0.3 is 5.73 Å². The summed E-state index contributed by atoms with van der Waals surface area (Å²) in [5.74, 6) is 0. The zero-order valence-corrected chi connectivity index (χ0v) is 11.1. The first-order valence-electron chi connectivity index (χ1n) is 5.76. The van der Waals surface area contributed by atoms with Crippen molar-refractivity contribution in [2.24, 2.45) is 5.73 Å². The Morgan fingerprint density at radius 3 is 2.33 bits per heavy atom. The van der Waals surface area contributed by atoms with E-state index in [1.54, 1.807) is 0 Å². The molecule has 4 nitrogen and oxygen atoms in total. The van der Waals surface area contributed by atoms with Gasteiger partial charge >= 0.3 is 6.36 Å². The monoisotopic (exact) mass is 285 g/mol. The Kier molecular flexibility index (Phi) is 5.77. The number of alkyl halides is 3. The molecule has 18 heavy (non-hydrogen) atoms. The van der Waals surface area contributed by atoms with Crippen LogP contribution in [0.2, 0.25) is 0 Å². The van der Waals surface area contributed by atoms with Crippen molar-refractivity contribution in [2.45, 2.75) is 19.3 Å². The minimum absolute atomic E-state index is 0.0357. The number of nitrogens with two attached hydrogens (primary N) is 1. The molecule has 1 rings (SSSR count). The predicted octanol–water partition coefficient (Wildman–Crippen LogP) is 0.815. The van der Waals surface area contributed by atoms with Crippen LogP contribution in [0, 0.1) is 0 Å². The molecule has 1 unspecified atom stereocenters. The van der Waals surface area contributed by atoms with Gasteiger partial charge in [0.2, 0.25) is 0 Å². The van der Waals surface area contributed by atoms with Crippen molar-refractivity contribution in [3.8, 4) is 0 Å². The molecule has 0 radical (unpaired) electrons. The molecular formula is C10H18F3N3OS. The van der Waals surface area contributed by atoms with Crippen molar-refractivity contribution in [2.75, 3.05) is 39.3 Å². The summed E-state index contributed by atoms with van der Waals surface area (Å²) in [7, 11) is 0. The third-order valence-corrected chi connectivity index (χ3v) is 3.38. The van der Waals surface area contributed by atoms with Gasteiger partial charge in [-0.05, 0) is 6.92 Å². The van der Waals surface area contributed by atoms with Gasteiger partial charge in [-0.3, -0.25) is 14.5 Å². The fraction of sp³-hybridized carbons (Fsp3) is 0.900. The molecule has 1 fully saturated rings. The molecule has 0 bridgehead atoms. The van der Waals surface area contributed by atoms with Crippen molar-refractivity contribution in [3.63, 3.8) is 0 Å². The number of halogens is 3. The Morgan fingerprint density at radius 1 is 1.33 bits per heavy atom. The van der Waals surface area contributed by atoms with E-state index in [4.69, 9.17) is 18.0 Å². The fourth-order valence-electron chi connectivity index (χ4n) is 1.84. The molecule has 0 aromatic carbocycles. The van der Waals surface area contributed by atoms with Crippen LogP contribution in [0.5, 0.6) is 0 Å². The lowest BCUT2D eigenvalue weighted by Crippen LogP contribution is -2.53. The van der Waals surface area contributed by atoms with E-state index in [1.807, 2.05) is 11.8 Å². The number of ether oxygens (including phenoxy) is 1. The van der Waals surface area contributed by atoms with E-state index in [0.29, 0.717) is 18.1 Å². The van der Waals surface area contributed by atoms with Crippen LogP contribution in [0.4, 0.5) is 13.2 Å². The first kappa shape index (κ1) is 15.6. The molecule has 1 aliphatic heterocycles. The first-order valence-corrected chi connectivity index (χ1v) is 6.17. The Morgan fingerprint density at radius 2 is 1.89 bits per heavy atom. The zero-order chi connectivity index (χ0) is 13.8. The van der Waals surface area contributed by atoms with Crippen molar-refractivity contribution in [1.82, 2.24) is 9.80 Å². The minimum Gasteiger partial charge on any atom is -0.392 e. The van der Waals surface area contributed by atoms with Crippen LogP contribution in [-0.2, 0) is 4.74 Å². The maximum Gasteiger partial charge on any atom is 0.522 e. The van der Waals surface area contributed by atoms with Gasteiger partial charge in [-0.25, -0.2) is 0 Å². The highest BCUT2D eigenvalue weighted by Crippen LogP contribution is 2.16. The standard InChI is InChI=1S/C10H18F3N3OS/c1-8(9(14)18)16-4-2-15(3-5-16)6-7-17-10(11,12)13/h8H,2-7H2,1H3,(H2,14,18). The van der Waals surface area contributed by atoms with Gasteiger partial charge in [0.25, 0.3) is 0 Å². The summed E-state index contributed by atoms with van der Waals surface area (Å²) >= 11 is 4.92. The second-order valence-corrected chi connectivity index (χ2v) is 4.72. The van der Waals surface area contributed by atoms with Crippen molar-refractivity contribution >= 4 is 17.2 Å².